The van der Waals surface area contributed by atoms with E-state index in [9.17, 15) is 22.8 Å². The summed E-state index contributed by atoms with van der Waals surface area (Å²) >= 11 is 1.15. The van der Waals surface area contributed by atoms with E-state index in [0.717, 1.165) is 16.3 Å². The topological polar surface area (TPSA) is 101 Å². The molecular formula is C13H11F3N6O2S. The second-order valence-corrected chi connectivity index (χ2v) is 5.84. The molecule has 3 rings (SSSR count). The number of fused-ring (bicyclic) bond motifs is 1. The minimum absolute atomic E-state index is 0.0736. The molecule has 1 fully saturated rings. The first-order valence-corrected chi connectivity index (χ1v) is 8.14. The molecule has 0 radical (unpaired) electrons. The van der Waals surface area contributed by atoms with Gasteiger partial charge < -0.3 is 5.32 Å². The molecule has 8 nitrogen and oxygen atoms in total. The summed E-state index contributed by atoms with van der Waals surface area (Å²) in [6.07, 6.45) is -0.0347. The molecule has 132 valence electrons. The Hall–Kier alpha value is -2.63. The number of hydrogen-bond donors (Lipinski definition) is 2. The third-order valence-corrected chi connectivity index (χ3v) is 3.78. The van der Waals surface area contributed by atoms with Gasteiger partial charge in [-0.1, -0.05) is 11.8 Å². The van der Waals surface area contributed by atoms with Gasteiger partial charge in [-0.05, 0) is 12.3 Å². The summed E-state index contributed by atoms with van der Waals surface area (Å²) in [5, 5.41) is 8.54. The van der Waals surface area contributed by atoms with Crippen molar-refractivity contribution in [1.82, 2.24) is 24.9 Å². The predicted molar refractivity (Wildman–Crippen MR) is 82.9 cm³/mol. The maximum Gasteiger partial charge on any atom is 0.405 e. The largest absolute Gasteiger partial charge is 0.405 e. The minimum atomic E-state index is -4.42. The minimum Gasteiger partial charge on any atom is -0.345 e. The van der Waals surface area contributed by atoms with Crippen molar-refractivity contribution in [3.05, 3.63) is 17.3 Å². The van der Waals surface area contributed by atoms with Crippen molar-refractivity contribution in [3.8, 4) is 0 Å². The molecule has 3 heterocycles. The van der Waals surface area contributed by atoms with Crippen LogP contribution in [-0.4, -0.2) is 50.4 Å². The standard InChI is InChI=1S/C13H11F3N6O2S/c1-25-12-20-9-7(2-6-3-8(23)19-10(6)24)4-18-22(9)11(21-12)17-5-13(14,15)16/h2,4H,3,5H2,1H3,(H,17,20,21)(H,19,23,24)/b6-2+. The third kappa shape index (κ3) is 3.73. The SMILES string of the molecule is CSc1nc(NCC(F)(F)F)n2ncc(/C=C3\CC(=O)NC3=O)c2n1. The maximum atomic E-state index is 12.5. The first-order valence-electron chi connectivity index (χ1n) is 6.92. The Bertz CT molecular complexity index is 892. The number of rotatable bonds is 4. The van der Waals surface area contributed by atoms with Gasteiger partial charge in [0.1, 0.15) is 6.54 Å². The van der Waals surface area contributed by atoms with Gasteiger partial charge in [0.25, 0.3) is 5.91 Å². The van der Waals surface area contributed by atoms with E-state index < -0.39 is 24.5 Å². The lowest BCUT2D eigenvalue weighted by atomic mass is 10.1. The highest BCUT2D eigenvalue weighted by atomic mass is 32.2. The molecule has 0 unspecified atom stereocenters. The number of hydrogen-bond acceptors (Lipinski definition) is 7. The fraction of sp³-hybridized carbons (Fsp3) is 0.308. The number of thioether (sulfide) groups is 1. The van der Waals surface area contributed by atoms with Crippen LogP contribution in [0.4, 0.5) is 19.1 Å². The summed E-state index contributed by atoms with van der Waals surface area (Å²) < 4.78 is 38.5. The Labute approximate surface area is 142 Å². The zero-order valence-corrected chi connectivity index (χ0v) is 13.5. The quantitative estimate of drug-likeness (QED) is 0.473. The first-order chi connectivity index (χ1) is 11.8. The Morgan fingerprint density at radius 2 is 2.16 bits per heavy atom. The zero-order chi connectivity index (χ0) is 18.2. The lowest BCUT2D eigenvalue weighted by Gasteiger charge is -2.10. The highest BCUT2D eigenvalue weighted by Gasteiger charge is 2.28. The monoisotopic (exact) mass is 372 g/mol. The van der Waals surface area contributed by atoms with Crippen molar-refractivity contribution in [3.63, 3.8) is 0 Å². The highest BCUT2D eigenvalue weighted by molar-refractivity contribution is 7.98. The average Bonchev–Trinajstić information content (AvgIpc) is 3.07. The van der Waals surface area contributed by atoms with Crippen LogP contribution in [0.3, 0.4) is 0 Å². The van der Waals surface area contributed by atoms with E-state index >= 15 is 0 Å². The van der Waals surface area contributed by atoms with Crippen molar-refractivity contribution in [2.24, 2.45) is 0 Å². The summed E-state index contributed by atoms with van der Waals surface area (Å²) in [6.45, 7) is -1.28. The van der Waals surface area contributed by atoms with E-state index in [1.54, 1.807) is 6.26 Å². The Balaban J connectivity index is 2.03. The van der Waals surface area contributed by atoms with Gasteiger partial charge in [-0.15, -0.1) is 0 Å². The molecule has 2 aromatic heterocycles. The number of carbonyl (C=O) groups is 2. The molecule has 1 aliphatic heterocycles. The van der Waals surface area contributed by atoms with Gasteiger partial charge >= 0.3 is 6.18 Å². The summed E-state index contributed by atoms with van der Waals surface area (Å²) in [5.41, 5.74) is 0.852. The summed E-state index contributed by atoms with van der Waals surface area (Å²) in [6, 6.07) is 0. The molecule has 0 spiro atoms. The van der Waals surface area contributed by atoms with Crippen molar-refractivity contribution < 1.29 is 22.8 Å². The smallest absolute Gasteiger partial charge is 0.345 e. The van der Waals surface area contributed by atoms with Crippen LogP contribution in [0.2, 0.25) is 0 Å². The molecule has 2 aromatic rings. The number of carbonyl (C=O) groups excluding carboxylic acids is 2. The van der Waals surface area contributed by atoms with Crippen molar-refractivity contribution in [2.45, 2.75) is 17.8 Å². The lowest BCUT2D eigenvalue weighted by Crippen LogP contribution is -2.23. The first kappa shape index (κ1) is 17.2. The Morgan fingerprint density at radius 3 is 2.76 bits per heavy atom. The van der Waals surface area contributed by atoms with Gasteiger partial charge in [0.05, 0.1) is 12.6 Å². The van der Waals surface area contributed by atoms with Gasteiger partial charge in [0.15, 0.2) is 10.8 Å². The number of imide groups is 1. The van der Waals surface area contributed by atoms with Gasteiger partial charge in [-0.3, -0.25) is 14.9 Å². The summed E-state index contributed by atoms with van der Waals surface area (Å²) in [7, 11) is 0. The predicted octanol–water partition coefficient (Wildman–Crippen LogP) is 1.25. The van der Waals surface area contributed by atoms with E-state index in [-0.39, 0.29) is 28.7 Å². The molecule has 0 aliphatic carbocycles. The highest BCUT2D eigenvalue weighted by Crippen LogP contribution is 2.22. The van der Waals surface area contributed by atoms with Crippen LogP contribution in [0.1, 0.15) is 12.0 Å². The number of halogens is 3. The average molecular weight is 372 g/mol. The number of aromatic nitrogens is 4. The fourth-order valence-electron chi connectivity index (χ4n) is 2.17. The second-order valence-electron chi connectivity index (χ2n) is 5.06. The van der Waals surface area contributed by atoms with Gasteiger partial charge in [0, 0.05) is 11.1 Å². The summed E-state index contributed by atoms with van der Waals surface area (Å²) in [4.78, 5) is 31.1. The number of anilines is 1. The molecular weight excluding hydrogens is 361 g/mol. The van der Waals surface area contributed by atoms with Crippen LogP contribution >= 0.6 is 11.8 Å². The fourth-order valence-corrected chi connectivity index (χ4v) is 2.53. The van der Waals surface area contributed by atoms with Crippen LogP contribution in [-0.2, 0) is 9.59 Å². The van der Waals surface area contributed by atoms with Crippen molar-refractivity contribution in [1.29, 1.82) is 0 Å². The number of nitrogens with one attached hydrogen (secondary N) is 2. The second kappa shape index (κ2) is 6.35. The molecule has 1 aliphatic rings. The Morgan fingerprint density at radius 1 is 1.40 bits per heavy atom. The van der Waals surface area contributed by atoms with Crippen molar-refractivity contribution in [2.75, 3.05) is 18.1 Å². The molecule has 12 heteroatoms. The number of alkyl halides is 3. The third-order valence-electron chi connectivity index (χ3n) is 3.23. The van der Waals surface area contributed by atoms with E-state index in [4.69, 9.17) is 0 Å². The molecule has 0 atom stereocenters. The van der Waals surface area contributed by atoms with Crippen molar-refractivity contribution >= 4 is 41.2 Å². The lowest BCUT2D eigenvalue weighted by molar-refractivity contribution is -0.124. The van der Waals surface area contributed by atoms with Crippen LogP contribution < -0.4 is 10.6 Å². The van der Waals surface area contributed by atoms with Gasteiger partial charge in [0.2, 0.25) is 11.9 Å². The zero-order valence-electron chi connectivity index (χ0n) is 12.7. The van der Waals surface area contributed by atoms with Crippen LogP contribution in [0, 0.1) is 0 Å². The van der Waals surface area contributed by atoms with Crippen LogP contribution in [0.25, 0.3) is 11.7 Å². The van der Waals surface area contributed by atoms with Crippen LogP contribution in [0.15, 0.2) is 16.9 Å². The van der Waals surface area contributed by atoms with E-state index in [0.29, 0.717) is 5.56 Å². The van der Waals surface area contributed by atoms with Gasteiger partial charge in [-0.25, -0.2) is 4.98 Å². The van der Waals surface area contributed by atoms with E-state index in [1.807, 2.05) is 0 Å². The molecule has 0 aromatic carbocycles. The maximum absolute atomic E-state index is 12.5. The molecule has 2 N–H and O–H groups in total. The number of amides is 2. The Kier molecular flexibility index (Phi) is 4.37. The number of nitrogens with zero attached hydrogens (tertiary/aromatic N) is 4. The van der Waals surface area contributed by atoms with Crippen LogP contribution in [0.5, 0.6) is 0 Å². The molecule has 0 saturated carbocycles. The normalized spacial score (nSPS) is 16.7. The summed E-state index contributed by atoms with van der Waals surface area (Å²) in [5.74, 6) is -1.05. The molecule has 0 bridgehead atoms. The van der Waals surface area contributed by atoms with E-state index in [2.05, 4.69) is 25.7 Å². The molecule has 25 heavy (non-hydrogen) atoms. The van der Waals surface area contributed by atoms with Gasteiger partial charge in [-0.2, -0.15) is 27.8 Å². The molecule has 2 amide bonds. The van der Waals surface area contributed by atoms with E-state index in [1.165, 1.54) is 12.3 Å². The molecule has 1 saturated heterocycles.